The molecule has 29 heavy (non-hydrogen) atoms. The predicted octanol–water partition coefficient (Wildman–Crippen LogP) is 4.67. The maximum absolute atomic E-state index is 12.2. The van der Waals surface area contributed by atoms with Crippen molar-refractivity contribution in [2.75, 3.05) is 6.54 Å². The van der Waals surface area contributed by atoms with Crippen molar-refractivity contribution in [3.63, 3.8) is 0 Å². The number of aliphatic carboxylic acids is 1. The number of benzene rings is 2. The normalized spacial score (nSPS) is 11.7. The Morgan fingerprint density at radius 2 is 1.69 bits per heavy atom. The number of rotatable bonds is 5. The van der Waals surface area contributed by atoms with Crippen LogP contribution < -0.4 is 5.32 Å². The van der Waals surface area contributed by atoms with E-state index in [0.29, 0.717) is 5.57 Å². The van der Waals surface area contributed by atoms with Crippen molar-refractivity contribution >= 4 is 28.9 Å². The summed E-state index contributed by atoms with van der Waals surface area (Å²) in [6, 6.07) is 8.49. The molecule has 0 saturated heterocycles. The Bertz CT molecular complexity index is 1120. The molecule has 1 aromatic heterocycles. The van der Waals surface area contributed by atoms with Crippen LogP contribution in [0.3, 0.4) is 0 Å². The van der Waals surface area contributed by atoms with Crippen molar-refractivity contribution in [2.45, 2.75) is 34.6 Å². The zero-order valence-corrected chi connectivity index (χ0v) is 17.4. The van der Waals surface area contributed by atoms with Gasteiger partial charge >= 0.3 is 5.97 Å². The quantitative estimate of drug-likeness (QED) is 0.554. The van der Waals surface area contributed by atoms with Crippen LogP contribution in [-0.4, -0.2) is 28.5 Å². The van der Waals surface area contributed by atoms with Crippen LogP contribution in [0.5, 0.6) is 0 Å². The Balaban J connectivity index is 2.07. The van der Waals surface area contributed by atoms with E-state index in [-0.39, 0.29) is 12.5 Å². The van der Waals surface area contributed by atoms with Crippen molar-refractivity contribution in [1.29, 1.82) is 0 Å². The Morgan fingerprint density at radius 3 is 2.31 bits per heavy atom. The number of H-pyrrole nitrogens is 1. The summed E-state index contributed by atoms with van der Waals surface area (Å²) in [6.45, 7) is 9.66. The van der Waals surface area contributed by atoms with Gasteiger partial charge in [0.15, 0.2) is 0 Å². The maximum atomic E-state index is 12.2. The molecule has 0 bridgehead atoms. The summed E-state index contributed by atoms with van der Waals surface area (Å²) >= 11 is 0. The van der Waals surface area contributed by atoms with Gasteiger partial charge in [0.25, 0.3) is 0 Å². The highest BCUT2D eigenvalue weighted by Crippen LogP contribution is 2.36. The van der Waals surface area contributed by atoms with Gasteiger partial charge in [-0.05, 0) is 103 Å². The molecule has 3 N–H and O–H groups in total. The van der Waals surface area contributed by atoms with E-state index in [2.05, 4.69) is 62.3 Å². The summed E-state index contributed by atoms with van der Waals surface area (Å²) in [5.74, 6) is -1.43. The van der Waals surface area contributed by atoms with Gasteiger partial charge in [-0.15, -0.1) is 0 Å². The molecule has 2 aromatic carbocycles. The molecule has 0 unspecified atom stereocenters. The number of hydrogen-bond acceptors (Lipinski definition) is 2. The van der Waals surface area contributed by atoms with Crippen LogP contribution in [-0.2, 0) is 9.59 Å². The van der Waals surface area contributed by atoms with Gasteiger partial charge in [0.2, 0.25) is 5.91 Å². The molecule has 0 radical (unpaired) electrons. The monoisotopic (exact) mass is 390 g/mol. The number of carboxylic acid groups (broad SMARTS) is 1. The van der Waals surface area contributed by atoms with Crippen LogP contribution in [0.4, 0.5) is 0 Å². The number of amides is 1. The molecule has 0 fully saturated rings. The fourth-order valence-electron chi connectivity index (χ4n) is 3.78. The van der Waals surface area contributed by atoms with E-state index >= 15 is 0 Å². The molecule has 1 heterocycles. The minimum absolute atomic E-state index is 0.372. The zero-order valence-electron chi connectivity index (χ0n) is 17.4. The van der Waals surface area contributed by atoms with Gasteiger partial charge < -0.3 is 15.4 Å². The van der Waals surface area contributed by atoms with Crippen LogP contribution in [0.2, 0.25) is 0 Å². The van der Waals surface area contributed by atoms with E-state index in [1.807, 2.05) is 12.3 Å². The zero-order chi connectivity index (χ0) is 21.3. The first kappa shape index (κ1) is 20.4. The SMILES string of the molecule is C/C(=C\c1c(C)c(C)c(-c2ccc3[nH]ccc3c2)c(C)c1C)C(=O)NCC(=O)O. The van der Waals surface area contributed by atoms with Crippen LogP contribution in [0, 0.1) is 27.7 Å². The topological polar surface area (TPSA) is 82.2 Å². The van der Waals surface area contributed by atoms with Gasteiger partial charge in [-0.25, -0.2) is 0 Å². The first-order valence-electron chi connectivity index (χ1n) is 9.57. The molecule has 150 valence electrons. The second-order valence-electron chi connectivity index (χ2n) is 7.47. The molecule has 0 spiro atoms. The van der Waals surface area contributed by atoms with E-state index in [1.165, 1.54) is 27.6 Å². The van der Waals surface area contributed by atoms with Crippen molar-refractivity contribution < 1.29 is 14.7 Å². The minimum atomic E-state index is -1.06. The van der Waals surface area contributed by atoms with Crippen LogP contribution in [0.15, 0.2) is 36.0 Å². The molecule has 0 atom stereocenters. The Hall–Kier alpha value is -3.34. The van der Waals surface area contributed by atoms with Crippen LogP contribution in [0.1, 0.15) is 34.7 Å². The van der Waals surface area contributed by atoms with E-state index < -0.39 is 5.97 Å². The van der Waals surface area contributed by atoms with Crippen LogP contribution in [0.25, 0.3) is 28.1 Å². The van der Waals surface area contributed by atoms with Gasteiger partial charge in [-0.1, -0.05) is 6.07 Å². The number of carbonyl (C=O) groups is 2. The summed E-state index contributed by atoms with van der Waals surface area (Å²) in [6.07, 6.45) is 3.79. The average molecular weight is 390 g/mol. The minimum Gasteiger partial charge on any atom is -0.480 e. The van der Waals surface area contributed by atoms with Gasteiger partial charge in [-0.2, -0.15) is 0 Å². The molecule has 0 aliphatic rings. The summed E-state index contributed by atoms with van der Waals surface area (Å²) in [5, 5.41) is 12.3. The largest absolute Gasteiger partial charge is 0.480 e. The molecule has 5 heteroatoms. The highest BCUT2D eigenvalue weighted by molar-refractivity contribution is 5.99. The number of carboxylic acids is 1. The van der Waals surface area contributed by atoms with Gasteiger partial charge in [0.1, 0.15) is 6.54 Å². The lowest BCUT2D eigenvalue weighted by Gasteiger charge is -2.20. The highest BCUT2D eigenvalue weighted by Gasteiger charge is 2.16. The molecule has 0 aliphatic heterocycles. The molecule has 3 rings (SSSR count). The molecule has 5 nitrogen and oxygen atoms in total. The second-order valence-corrected chi connectivity index (χ2v) is 7.47. The van der Waals surface area contributed by atoms with Crippen molar-refractivity contribution in [1.82, 2.24) is 10.3 Å². The Labute approximate surface area is 170 Å². The number of aromatic amines is 1. The third-order valence-electron chi connectivity index (χ3n) is 5.64. The third kappa shape index (κ3) is 3.94. The lowest BCUT2D eigenvalue weighted by Crippen LogP contribution is -2.29. The van der Waals surface area contributed by atoms with E-state index in [1.54, 1.807) is 6.92 Å². The lowest BCUT2D eigenvalue weighted by molar-refractivity contribution is -0.137. The van der Waals surface area contributed by atoms with Gasteiger partial charge in [-0.3, -0.25) is 9.59 Å². The molecule has 1 amide bonds. The van der Waals surface area contributed by atoms with E-state index in [0.717, 1.165) is 22.2 Å². The summed E-state index contributed by atoms with van der Waals surface area (Å²) < 4.78 is 0. The number of fused-ring (bicyclic) bond motifs is 1. The molecular weight excluding hydrogens is 364 g/mol. The van der Waals surface area contributed by atoms with Crippen molar-refractivity contribution in [3.05, 3.63) is 63.9 Å². The second kappa shape index (κ2) is 7.95. The van der Waals surface area contributed by atoms with Gasteiger partial charge in [0, 0.05) is 17.3 Å². The van der Waals surface area contributed by atoms with Crippen LogP contribution >= 0.6 is 0 Å². The molecule has 0 saturated carbocycles. The molecule has 0 aliphatic carbocycles. The van der Waals surface area contributed by atoms with Crippen molar-refractivity contribution in [2.24, 2.45) is 0 Å². The number of carbonyl (C=O) groups excluding carboxylic acids is 1. The summed E-state index contributed by atoms with van der Waals surface area (Å²) in [7, 11) is 0. The average Bonchev–Trinajstić information content (AvgIpc) is 3.15. The number of hydrogen-bond donors (Lipinski definition) is 3. The van der Waals surface area contributed by atoms with Crippen molar-refractivity contribution in [3.8, 4) is 11.1 Å². The summed E-state index contributed by atoms with van der Waals surface area (Å²) in [4.78, 5) is 26.1. The fraction of sp³-hybridized carbons (Fsp3) is 0.250. The number of aromatic nitrogens is 1. The standard InChI is InChI=1S/C24H26N2O3/c1-13(24(29)26-12-22(27)28)10-20-14(2)16(4)23(17(5)15(20)3)19-6-7-21-18(11-19)8-9-25-21/h6-11,25H,12H2,1-5H3,(H,26,29)(H,27,28)/b13-10+. The van der Waals surface area contributed by atoms with E-state index in [9.17, 15) is 9.59 Å². The Morgan fingerprint density at radius 1 is 1.03 bits per heavy atom. The lowest BCUT2D eigenvalue weighted by atomic mass is 9.85. The summed E-state index contributed by atoms with van der Waals surface area (Å²) in [5.41, 5.74) is 9.57. The van der Waals surface area contributed by atoms with E-state index in [4.69, 9.17) is 5.11 Å². The first-order valence-corrected chi connectivity index (χ1v) is 9.57. The first-order chi connectivity index (χ1) is 13.7. The predicted molar refractivity (Wildman–Crippen MR) is 117 cm³/mol. The highest BCUT2D eigenvalue weighted by atomic mass is 16.4. The molecular formula is C24H26N2O3. The Kier molecular flexibility index (Phi) is 5.59. The number of nitrogens with one attached hydrogen (secondary N) is 2. The fourth-order valence-corrected chi connectivity index (χ4v) is 3.78. The molecule has 3 aromatic rings. The maximum Gasteiger partial charge on any atom is 0.322 e. The van der Waals surface area contributed by atoms with Gasteiger partial charge in [0.05, 0.1) is 0 Å². The smallest absolute Gasteiger partial charge is 0.322 e. The third-order valence-corrected chi connectivity index (χ3v) is 5.64.